The molecule has 0 saturated heterocycles. The van der Waals surface area contributed by atoms with Crippen molar-refractivity contribution < 1.29 is 78.9 Å². The van der Waals surface area contributed by atoms with E-state index in [-0.39, 0.29) is 147 Å². The molecule has 0 fully saturated rings. The normalized spacial score (nSPS) is 13.0. The molecule has 3 aromatic rings. The average Bonchev–Trinajstić information content (AvgIpc) is 3.43. The summed E-state index contributed by atoms with van der Waals surface area (Å²) >= 11 is -7.51. The van der Waals surface area contributed by atoms with Gasteiger partial charge >= 0.3 is 0 Å². The predicted molar refractivity (Wildman–Crippen MR) is 304 cm³/mol. The van der Waals surface area contributed by atoms with Crippen molar-refractivity contribution in [2.45, 2.75) is 96.9 Å². The maximum Gasteiger partial charge on any atom is 0.251 e. The van der Waals surface area contributed by atoms with E-state index < -0.39 is 62.5 Å². The zero-order valence-electron chi connectivity index (χ0n) is 46.1. The first kappa shape index (κ1) is 69.7. The molecule has 3 unspecified atom stereocenters. The number of hydrogen-bond donors (Lipinski definition) is 9. The molecule has 454 valence electrons. The molecule has 0 spiro atoms. The van der Waals surface area contributed by atoms with E-state index in [0.29, 0.717) is 59.4 Å². The highest BCUT2D eigenvalue weighted by Gasteiger charge is 2.34. The van der Waals surface area contributed by atoms with E-state index in [9.17, 15) is 64.6 Å². The molecule has 3 atom stereocenters. The third kappa shape index (κ3) is 30.5. The van der Waals surface area contributed by atoms with Gasteiger partial charge < -0.3 is 73.9 Å². The van der Waals surface area contributed by atoms with Gasteiger partial charge in [-0.15, -0.1) is 0 Å². The van der Waals surface area contributed by atoms with Crippen molar-refractivity contribution in [1.29, 1.82) is 0 Å². The van der Waals surface area contributed by atoms with Gasteiger partial charge in [0.15, 0.2) is 5.78 Å². The molecule has 3 rings (SSSR count). The number of ether oxygens (including phenoxy) is 3. The summed E-state index contributed by atoms with van der Waals surface area (Å²) in [5.41, 5.74) is -0.118. The minimum absolute atomic E-state index is 0.0322. The second-order valence-corrected chi connectivity index (χ2v) is 21.7. The van der Waals surface area contributed by atoms with E-state index in [1.807, 2.05) is 0 Å². The van der Waals surface area contributed by atoms with Gasteiger partial charge in [-0.2, -0.15) is 0 Å². The van der Waals surface area contributed by atoms with Crippen LogP contribution < -0.4 is 46.1 Å². The number of nitrogens with one attached hydrogen (secondary N) is 9. The van der Waals surface area contributed by atoms with E-state index in [0.717, 1.165) is 0 Å². The van der Waals surface area contributed by atoms with Crippen molar-refractivity contribution in [1.82, 2.24) is 31.9 Å². The Morgan fingerprint density at radius 2 is 0.768 bits per heavy atom. The van der Waals surface area contributed by atoms with Gasteiger partial charge in [0.1, 0.15) is 11.3 Å². The summed E-state index contributed by atoms with van der Waals surface area (Å²) in [4.78, 5) is 102. The first-order valence-electron chi connectivity index (χ1n) is 26.4. The number of benzene rings is 3. The Labute approximate surface area is 484 Å². The molecule has 29 heteroatoms. The van der Waals surface area contributed by atoms with Crippen molar-refractivity contribution >= 4 is 97.9 Å². The van der Waals surface area contributed by atoms with Gasteiger partial charge in [-0.25, -0.2) is 0 Å². The Hall–Kier alpha value is -6.57. The number of carbonyl (C=O) groups excluding carboxylic acids is 8. The molecular weight excluding hydrogens is 1130 g/mol. The van der Waals surface area contributed by atoms with Crippen molar-refractivity contribution in [3.05, 3.63) is 89.5 Å². The number of hydrogen-bond acceptors (Lipinski definition) is 17. The topological polar surface area (TPSA) is 393 Å². The monoisotopic (exact) mass is 1200 g/mol. The number of ketones is 2. The zero-order chi connectivity index (χ0) is 60.3. The SMILES string of the molecule is CC(C)(C)C(=O)CCCC(=O)NC(COCCC(=O)NCCCCC(=O)c1ccc(NS(=O)[O-])cc1)(COCCC(=O)NCCCNC(=O)c1ccc(NS(=O)[O-])cc1)COCCC(=O)NCCCNC(=O)c1ccc(NS(=O)[O-])cc1. The molecule has 0 heterocycles. The van der Waals surface area contributed by atoms with Gasteiger partial charge in [-0.05, 0) is 105 Å². The molecule has 3 aromatic carbocycles. The summed E-state index contributed by atoms with van der Waals surface area (Å²) in [6, 6.07) is 17.6. The largest absolute Gasteiger partial charge is 0.755 e. The van der Waals surface area contributed by atoms with Crippen LogP contribution in [-0.4, -0.2) is 151 Å². The lowest BCUT2D eigenvalue weighted by Crippen LogP contribution is -2.58. The van der Waals surface area contributed by atoms with Crippen LogP contribution in [0.5, 0.6) is 0 Å². The number of anilines is 3. The number of unbranched alkanes of at least 4 members (excludes halogenated alkanes) is 1. The van der Waals surface area contributed by atoms with Crippen LogP contribution in [-0.2, 0) is 72.0 Å². The quantitative estimate of drug-likeness (QED) is 0.0223. The Bertz CT molecular complexity index is 2360. The Morgan fingerprint density at radius 3 is 1.13 bits per heavy atom. The van der Waals surface area contributed by atoms with Gasteiger partial charge in [0.25, 0.3) is 11.8 Å². The standard InChI is InChI=1S/C53H77N9O17S3/c1-52(2,3)45(64)10-6-11-49(68)59-53(35-77-32-24-46(65)54-27-5-4-9-44(63)38-12-18-41(19-13-38)60-80(71)72,36-78-33-25-47(66)55-28-7-30-57-50(69)39-14-20-42(21-15-39)61-81(73)74)37-79-34-26-48(67)56-29-8-31-58-51(70)40-16-22-43(23-17-40)62-82(75)76/h12-23,60-62H,4-11,24-37H2,1-3H3,(H,54,65)(H,55,66)(H,56,67)(H,57,69)(H,58,70)(H,59,68)(H,71,72)(H,73,74)(H,75,76)/p-3. The molecule has 82 heavy (non-hydrogen) atoms. The Balaban J connectivity index is 1.58. The lowest BCUT2D eigenvalue weighted by atomic mass is 9.88. The second kappa shape index (κ2) is 38.3. The van der Waals surface area contributed by atoms with Gasteiger partial charge in [-0.1, -0.05) is 20.8 Å². The highest BCUT2D eigenvalue weighted by Crippen LogP contribution is 2.19. The summed E-state index contributed by atoms with van der Waals surface area (Å²) in [6.45, 7) is 5.39. The second-order valence-electron chi connectivity index (χ2n) is 19.7. The van der Waals surface area contributed by atoms with E-state index in [1.165, 1.54) is 72.8 Å². The summed E-state index contributed by atoms with van der Waals surface area (Å²) in [6.07, 6.45) is 1.97. The van der Waals surface area contributed by atoms with Crippen LogP contribution in [0.25, 0.3) is 0 Å². The van der Waals surface area contributed by atoms with Crippen molar-refractivity contribution in [2.24, 2.45) is 5.41 Å². The van der Waals surface area contributed by atoms with E-state index in [2.05, 4.69) is 46.1 Å². The molecule has 26 nitrogen and oxygen atoms in total. The smallest absolute Gasteiger partial charge is 0.251 e. The minimum atomic E-state index is -2.51. The van der Waals surface area contributed by atoms with Crippen LogP contribution in [0.1, 0.15) is 122 Å². The number of Topliss-reactive ketones (excluding diaryl/α,β-unsaturated/α-hetero) is 2. The number of carbonyl (C=O) groups is 8. The first-order chi connectivity index (χ1) is 39.0. The Morgan fingerprint density at radius 1 is 0.415 bits per heavy atom. The molecule has 0 aliphatic rings. The fourth-order valence-electron chi connectivity index (χ4n) is 7.35. The van der Waals surface area contributed by atoms with Gasteiger partial charge in [-0.3, -0.25) is 51.0 Å². The lowest BCUT2D eigenvalue weighted by molar-refractivity contribution is -0.131. The number of amides is 6. The molecule has 0 saturated carbocycles. The van der Waals surface area contributed by atoms with Crippen LogP contribution in [0.15, 0.2) is 72.8 Å². The van der Waals surface area contributed by atoms with Crippen molar-refractivity contribution in [3.63, 3.8) is 0 Å². The maximum atomic E-state index is 13.6. The summed E-state index contributed by atoms with van der Waals surface area (Å²) in [5.74, 6) is -2.52. The van der Waals surface area contributed by atoms with Crippen molar-refractivity contribution in [2.75, 3.05) is 86.5 Å². The molecule has 9 N–H and O–H groups in total. The minimum Gasteiger partial charge on any atom is -0.755 e. The highest BCUT2D eigenvalue weighted by atomic mass is 32.2. The summed E-state index contributed by atoms with van der Waals surface area (Å²) in [5, 5.41) is 16.7. The first-order valence-corrected chi connectivity index (χ1v) is 29.6. The summed E-state index contributed by atoms with van der Waals surface area (Å²) in [7, 11) is 0. The predicted octanol–water partition coefficient (Wildman–Crippen LogP) is 2.51. The third-order valence-corrected chi connectivity index (χ3v) is 13.0. The molecule has 0 aliphatic heterocycles. The Kier molecular flexibility index (Phi) is 32.5. The third-order valence-electron chi connectivity index (χ3n) is 11.8. The highest BCUT2D eigenvalue weighted by molar-refractivity contribution is 7.81. The zero-order valence-corrected chi connectivity index (χ0v) is 48.6. The molecule has 0 radical (unpaired) electrons. The van der Waals surface area contributed by atoms with Crippen LogP contribution >= 0.6 is 0 Å². The molecule has 0 bridgehead atoms. The average molecular weight is 1210 g/mol. The van der Waals surface area contributed by atoms with E-state index in [1.54, 1.807) is 20.8 Å². The fraction of sp³-hybridized carbons (Fsp3) is 0.509. The van der Waals surface area contributed by atoms with Gasteiger partial charge in [0.2, 0.25) is 23.6 Å². The fourth-order valence-corrected chi connectivity index (χ4v) is 8.34. The number of rotatable bonds is 42. The maximum absolute atomic E-state index is 13.6. The van der Waals surface area contributed by atoms with Gasteiger partial charge in [0, 0.05) is 144 Å². The van der Waals surface area contributed by atoms with Crippen LogP contribution in [0, 0.1) is 5.41 Å². The molecule has 6 amide bonds. The van der Waals surface area contributed by atoms with Crippen LogP contribution in [0.3, 0.4) is 0 Å². The van der Waals surface area contributed by atoms with Gasteiger partial charge in [0.05, 0.1) is 39.6 Å². The van der Waals surface area contributed by atoms with E-state index in [4.69, 9.17) is 14.2 Å². The van der Waals surface area contributed by atoms with Crippen LogP contribution in [0.4, 0.5) is 17.1 Å². The molecule has 0 aliphatic carbocycles. The molecular formula is C53H74N9O17S3-3. The van der Waals surface area contributed by atoms with Crippen molar-refractivity contribution in [3.8, 4) is 0 Å². The summed E-state index contributed by atoms with van der Waals surface area (Å²) < 4.78 is 89.6. The molecule has 0 aromatic heterocycles. The van der Waals surface area contributed by atoms with Crippen LogP contribution in [0.2, 0.25) is 0 Å². The van der Waals surface area contributed by atoms with E-state index >= 15 is 0 Å². The lowest BCUT2D eigenvalue weighted by Gasteiger charge is -2.34.